The van der Waals surface area contributed by atoms with Gasteiger partial charge in [-0.3, -0.25) is 14.8 Å². The highest BCUT2D eigenvalue weighted by atomic mass is 32.2. The van der Waals surface area contributed by atoms with Gasteiger partial charge in [-0.25, -0.2) is 24.2 Å². The van der Waals surface area contributed by atoms with Crippen molar-refractivity contribution in [1.82, 2.24) is 19.7 Å². The van der Waals surface area contributed by atoms with Crippen molar-refractivity contribution in [1.29, 1.82) is 0 Å². The molecule has 0 unspecified atom stereocenters. The zero-order valence-corrected chi connectivity index (χ0v) is 11.8. The molecule has 9 nitrogen and oxygen atoms in total. The molecule has 2 rings (SSSR count). The number of nitrogen functional groups attached to an aromatic ring is 1. The molecular formula is C10H15N7O2S. The Kier molecular flexibility index (Phi) is 3.86. The van der Waals surface area contributed by atoms with E-state index in [0.717, 1.165) is 0 Å². The molecule has 0 saturated heterocycles. The van der Waals surface area contributed by atoms with E-state index < -0.39 is 10.0 Å². The fourth-order valence-corrected chi connectivity index (χ4v) is 2.57. The average molecular weight is 297 g/mol. The molecule has 0 aliphatic carbocycles. The van der Waals surface area contributed by atoms with Crippen LogP contribution in [0.15, 0.2) is 23.5 Å². The first-order chi connectivity index (χ1) is 9.46. The molecule has 20 heavy (non-hydrogen) atoms. The Bertz CT molecular complexity index is 693. The van der Waals surface area contributed by atoms with Crippen molar-refractivity contribution in [2.45, 2.75) is 18.2 Å². The predicted octanol–water partition coefficient (Wildman–Crippen LogP) is -0.141. The second kappa shape index (κ2) is 5.43. The van der Waals surface area contributed by atoms with E-state index in [9.17, 15) is 8.42 Å². The number of nitrogens with one attached hydrogen (secondary N) is 2. The monoisotopic (exact) mass is 297 g/mol. The summed E-state index contributed by atoms with van der Waals surface area (Å²) in [5.74, 6) is 5.26. The van der Waals surface area contributed by atoms with Gasteiger partial charge in [0.2, 0.25) is 5.95 Å². The van der Waals surface area contributed by atoms with Crippen molar-refractivity contribution < 1.29 is 8.42 Å². The number of hydrogen-bond donors (Lipinski definition) is 3. The Morgan fingerprint density at radius 3 is 2.55 bits per heavy atom. The highest BCUT2D eigenvalue weighted by molar-refractivity contribution is 7.92. The fourth-order valence-electron chi connectivity index (χ4n) is 1.61. The second-order valence-corrected chi connectivity index (χ2v) is 5.69. The number of nitrogens with zero attached hydrogens (tertiary/aromatic N) is 4. The molecule has 0 bridgehead atoms. The molecule has 0 radical (unpaired) electrons. The molecule has 108 valence electrons. The van der Waals surface area contributed by atoms with Crippen molar-refractivity contribution in [2.75, 3.05) is 10.1 Å². The minimum absolute atomic E-state index is 0.0533. The van der Waals surface area contributed by atoms with Crippen LogP contribution in [0.25, 0.3) is 0 Å². The molecule has 2 aromatic rings. The summed E-state index contributed by atoms with van der Waals surface area (Å²) in [4.78, 5) is 7.48. The number of hydrazine groups is 1. The third-order valence-corrected chi connectivity index (χ3v) is 3.87. The van der Waals surface area contributed by atoms with Gasteiger partial charge in [-0.15, -0.1) is 0 Å². The third-order valence-electron chi connectivity index (χ3n) is 2.55. The molecular weight excluding hydrogens is 282 g/mol. The topological polar surface area (TPSA) is 128 Å². The summed E-state index contributed by atoms with van der Waals surface area (Å²) >= 11 is 0. The molecule has 4 N–H and O–H groups in total. The molecule has 0 atom stereocenters. The highest BCUT2D eigenvalue weighted by Gasteiger charge is 2.18. The largest absolute Gasteiger partial charge is 0.292 e. The Hall–Kier alpha value is -2.20. The summed E-state index contributed by atoms with van der Waals surface area (Å²) in [5.41, 5.74) is 3.33. The maximum Gasteiger partial charge on any atom is 0.265 e. The van der Waals surface area contributed by atoms with E-state index in [4.69, 9.17) is 5.84 Å². The smallest absolute Gasteiger partial charge is 0.265 e. The summed E-state index contributed by atoms with van der Waals surface area (Å²) in [6.07, 6.45) is 4.57. The minimum atomic E-state index is -3.75. The minimum Gasteiger partial charge on any atom is -0.292 e. The van der Waals surface area contributed by atoms with Crippen LogP contribution in [0.5, 0.6) is 0 Å². The van der Waals surface area contributed by atoms with E-state index >= 15 is 0 Å². The molecule has 2 aromatic heterocycles. The van der Waals surface area contributed by atoms with Gasteiger partial charge < -0.3 is 0 Å². The normalized spacial score (nSPS) is 11.3. The van der Waals surface area contributed by atoms with Gasteiger partial charge in [-0.05, 0) is 6.42 Å². The lowest BCUT2D eigenvalue weighted by Gasteiger charge is -2.07. The molecule has 0 fully saturated rings. The lowest BCUT2D eigenvalue weighted by Crippen LogP contribution is -2.16. The van der Waals surface area contributed by atoms with Crippen molar-refractivity contribution in [3.05, 3.63) is 24.3 Å². The van der Waals surface area contributed by atoms with Crippen LogP contribution in [0.4, 0.5) is 11.6 Å². The molecule has 0 aliphatic heterocycles. The van der Waals surface area contributed by atoms with Gasteiger partial charge in [0.25, 0.3) is 10.0 Å². The lowest BCUT2D eigenvalue weighted by atomic mass is 10.3. The molecule has 0 aliphatic rings. The Morgan fingerprint density at radius 2 is 2.00 bits per heavy atom. The maximum absolute atomic E-state index is 12.2. The summed E-state index contributed by atoms with van der Waals surface area (Å²) in [7, 11) is -2.03. The first kappa shape index (κ1) is 14.2. The van der Waals surface area contributed by atoms with Gasteiger partial charge >= 0.3 is 0 Å². The van der Waals surface area contributed by atoms with Gasteiger partial charge in [-0.1, -0.05) is 6.92 Å². The van der Waals surface area contributed by atoms with E-state index in [-0.39, 0.29) is 10.8 Å². The number of hydrogen-bond acceptors (Lipinski definition) is 7. The first-order valence-electron chi connectivity index (χ1n) is 5.80. The highest BCUT2D eigenvalue weighted by Crippen LogP contribution is 2.18. The SMILES string of the molecule is CCc1nn(C)cc1NS(=O)(=O)c1cnc(NN)nc1. The van der Waals surface area contributed by atoms with Crippen LogP contribution in [0.3, 0.4) is 0 Å². The molecule has 0 saturated carbocycles. The first-order valence-corrected chi connectivity index (χ1v) is 7.28. The zero-order valence-electron chi connectivity index (χ0n) is 11.0. The number of nitrogens with two attached hydrogens (primary N) is 1. The molecule has 0 amide bonds. The second-order valence-electron chi connectivity index (χ2n) is 4.01. The number of aromatic nitrogens is 4. The Morgan fingerprint density at radius 1 is 1.35 bits per heavy atom. The molecule has 0 aromatic carbocycles. The summed E-state index contributed by atoms with van der Waals surface area (Å²) < 4.78 is 28.4. The maximum atomic E-state index is 12.2. The predicted molar refractivity (Wildman–Crippen MR) is 73.2 cm³/mol. The molecule has 10 heteroatoms. The van der Waals surface area contributed by atoms with Crippen LogP contribution >= 0.6 is 0 Å². The number of anilines is 2. The van der Waals surface area contributed by atoms with Crippen molar-refractivity contribution in [3.63, 3.8) is 0 Å². The van der Waals surface area contributed by atoms with Gasteiger partial charge in [0, 0.05) is 13.2 Å². The van der Waals surface area contributed by atoms with Crippen molar-refractivity contribution >= 4 is 21.7 Å². The van der Waals surface area contributed by atoms with Crippen LogP contribution in [-0.4, -0.2) is 28.2 Å². The summed E-state index contributed by atoms with van der Waals surface area (Å²) in [6.45, 7) is 1.89. The molecule has 0 spiro atoms. The quantitative estimate of drug-likeness (QED) is 0.517. The van der Waals surface area contributed by atoms with E-state index in [0.29, 0.717) is 17.8 Å². The average Bonchev–Trinajstić information content (AvgIpc) is 2.78. The Balaban J connectivity index is 2.30. The van der Waals surface area contributed by atoms with Crippen LogP contribution in [0.2, 0.25) is 0 Å². The standard InChI is InChI=1S/C10H15N7O2S/c1-3-8-9(6-17(2)15-8)16-20(18,19)7-4-12-10(14-11)13-5-7/h4-6,16H,3,11H2,1-2H3,(H,12,13,14). The molecule has 2 heterocycles. The summed E-state index contributed by atoms with van der Waals surface area (Å²) in [5, 5.41) is 4.17. The number of aryl methyl sites for hydroxylation is 2. The van der Waals surface area contributed by atoms with Crippen LogP contribution < -0.4 is 16.0 Å². The van der Waals surface area contributed by atoms with Crippen molar-refractivity contribution in [2.24, 2.45) is 12.9 Å². The summed E-state index contributed by atoms with van der Waals surface area (Å²) in [6, 6.07) is 0. The zero-order chi connectivity index (χ0) is 14.8. The van der Waals surface area contributed by atoms with E-state index in [1.165, 1.54) is 12.4 Å². The Labute approximate surface area is 116 Å². The van der Waals surface area contributed by atoms with Crippen molar-refractivity contribution in [3.8, 4) is 0 Å². The van der Waals surface area contributed by atoms with E-state index in [1.54, 1.807) is 17.9 Å². The van der Waals surface area contributed by atoms with Crippen LogP contribution in [-0.2, 0) is 23.5 Å². The van der Waals surface area contributed by atoms with Crippen LogP contribution in [0, 0.1) is 0 Å². The van der Waals surface area contributed by atoms with Gasteiger partial charge in [0.05, 0.1) is 23.8 Å². The van der Waals surface area contributed by atoms with E-state index in [1.807, 2.05) is 6.92 Å². The lowest BCUT2D eigenvalue weighted by molar-refractivity contribution is 0.600. The van der Waals surface area contributed by atoms with Gasteiger partial charge in [-0.2, -0.15) is 5.10 Å². The van der Waals surface area contributed by atoms with Gasteiger partial charge in [0.1, 0.15) is 4.90 Å². The third kappa shape index (κ3) is 2.86. The van der Waals surface area contributed by atoms with Crippen LogP contribution in [0.1, 0.15) is 12.6 Å². The number of sulfonamides is 1. The van der Waals surface area contributed by atoms with E-state index in [2.05, 4.69) is 25.2 Å². The number of rotatable bonds is 5. The van der Waals surface area contributed by atoms with Gasteiger partial charge in [0.15, 0.2) is 0 Å². The fraction of sp³-hybridized carbons (Fsp3) is 0.300.